The number of halogens is 3. The van der Waals surface area contributed by atoms with Crippen molar-refractivity contribution in [2.45, 2.75) is 31.4 Å². The summed E-state index contributed by atoms with van der Waals surface area (Å²) in [4.78, 5) is 11.6. The fourth-order valence-electron chi connectivity index (χ4n) is 2.48. The lowest BCUT2D eigenvalue weighted by Crippen LogP contribution is -2.30. The molecule has 0 heterocycles. The van der Waals surface area contributed by atoms with Crippen LogP contribution < -0.4 is 11.1 Å². The van der Waals surface area contributed by atoms with Crippen molar-refractivity contribution in [2.24, 2.45) is 0 Å². The quantitative estimate of drug-likeness (QED) is 0.537. The van der Waals surface area contributed by atoms with Gasteiger partial charge in [-0.15, -0.1) is 0 Å². The smallest absolute Gasteiger partial charge is 0.416 e. The first-order valence-corrected chi connectivity index (χ1v) is 8.46. The number of alkyl halides is 3. The van der Waals surface area contributed by atoms with E-state index in [1.54, 1.807) is 24.3 Å². The summed E-state index contributed by atoms with van der Waals surface area (Å²) < 4.78 is 43.0. The molecule has 2 unspecified atom stereocenters. The first kappa shape index (κ1) is 21.5. The first-order valence-electron chi connectivity index (χ1n) is 8.46. The standard InChI is InChI=1S/C19H21F3N2O4/c20-19(21,22)13-6-7-14(15(23)10-13)17(26)16(25)8-9-24-18(27)28-11-12-4-2-1-3-5-12/h1-7,10,16-17,25-26H,8-9,11,23H2,(H,24,27). The van der Waals surface area contributed by atoms with E-state index in [0.29, 0.717) is 6.07 Å². The molecule has 9 heteroatoms. The zero-order chi connectivity index (χ0) is 20.7. The molecule has 2 atom stereocenters. The van der Waals surface area contributed by atoms with Crippen molar-refractivity contribution in [1.29, 1.82) is 0 Å². The summed E-state index contributed by atoms with van der Waals surface area (Å²) in [6, 6.07) is 11.5. The third-order valence-electron chi connectivity index (χ3n) is 4.02. The van der Waals surface area contributed by atoms with Crippen molar-refractivity contribution in [3.8, 4) is 0 Å². The number of nitrogens with one attached hydrogen (secondary N) is 1. The minimum atomic E-state index is -4.56. The fraction of sp³-hybridized carbons (Fsp3) is 0.316. The Morgan fingerprint density at radius 3 is 2.43 bits per heavy atom. The number of alkyl carbamates (subject to hydrolysis) is 1. The predicted molar refractivity (Wildman–Crippen MR) is 96.1 cm³/mol. The van der Waals surface area contributed by atoms with E-state index in [9.17, 15) is 28.2 Å². The van der Waals surface area contributed by atoms with Gasteiger partial charge in [-0.25, -0.2) is 4.79 Å². The number of nitrogen functional groups attached to an aromatic ring is 1. The van der Waals surface area contributed by atoms with Crippen molar-refractivity contribution >= 4 is 11.8 Å². The second-order valence-corrected chi connectivity index (χ2v) is 6.13. The minimum Gasteiger partial charge on any atom is -0.445 e. The van der Waals surface area contributed by atoms with Gasteiger partial charge in [-0.1, -0.05) is 36.4 Å². The Labute approximate surface area is 159 Å². The van der Waals surface area contributed by atoms with Crippen LogP contribution in [0.2, 0.25) is 0 Å². The highest BCUT2D eigenvalue weighted by Gasteiger charge is 2.31. The van der Waals surface area contributed by atoms with Gasteiger partial charge in [0.05, 0.1) is 11.7 Å². The highest BCUT2D eigenvalue weighted by atomic mass is 19.4. The van der Waals surface area contributed by atoms with Crippen molar-refractivity contribution in [2.75, 3.05) is 12.3 Å². The maximum absolute atomic E-state index is 12.7. The maximum atomic E-state index is 12.7. The van der Waals surface area contributed by atoms with Crippen LogP contribution in [0.3, 0.4) is 0 Å². The third kappa shape index (κ3) is 6.14. The summed E-state index contributed by atoms with van der Waals surface area (Å²) in [5.74, 6) is 0. The number of carbonyl (C=O) groups excluding carboxylic acids is 1. The van der Waals surface area contributed by atoms with Crippen LogP contribution >= 0.6 is 0 Å². The molecule has 0 saturated carbocycles. The molecular formula is C19H21F3N2O4. The van der Waals surface area contributed by atoms with Crippen LogP contribution in [0.1, 0.15) is 29.2 Å². The van der Waals surface area contributed by atoms with Crippen molar-refractivity contribution in [1.82, 2.24) is 5.32 Å². The molecule has 0 fully saturated rings. The number of hydrogen-bond donors (Lipinski definition) is 4. The highest BCUT2D eigenvalue weighted by molar-refractivity contribution is 5.67. The molecule has 152 valence electrons. The molecule has 1 amide bonds. The van der Waals surface area contributed by atoms with Crippen LogP contribution in [0.15, 0.2) is 48.5 Å². The topological polar surface area (TPSA) is 105 Å². The van der Waals surface area contributed by atoms with Crippen LogP contribution in [0.25, 0.3) is 0 Å². The van der Waals surface area contributed by atoms with Gasteiger partial charge in [-0.05, 0) is 24.1 Å². The van der Waals surface area contributed by atoms with Gasteiger partial charge < -0.3 is 26.0 Å². The zero-order valence-electron chi connectivity index (χ0n) is 14.8. The molecule has 0 bridgehead atoms. The van der Waals surface area contributed by atoms with E-state index in [1.807, 2.05) is 6.07 Å². The lowest BCUT2D eigenvalue weighted by molar-refractivity contribution is -0.137. The van der Waals surface area contributed by atoms with Crippen LogP contribution in [-0.2, 0) is 17.5 Å². The first-order chi connectivity index (χ1) is 13.2. The average molecular weight is 398 g/mol. The normalized spacial score (nSPS) is 13.6. The number of hydrogen-bond acceptors (Lipinski definition) is 5. The number of amides is 1. The number of benzene rings is 2. The Morgan fingerprint density at radius 2 is 1.82 bits per heavy atom. The van der Waals surface area contributed by atoms with E-state index >= 15 is 0 Å². The van der Waals surface area contributed by atoms with Crippen molar-refractivity contribution < 1.29 is 32.9 Å². The van der Waals surface area contributed by atoms with E-state index in [4.69, 9.17) is 10.5 Å². The van der Waals surface area contributed by atoms with Crippen molar-refractivity contribution in [3.63, 3.8) is 0 Å². The van der Waals surface area contributed by atoms with Gasteiger partial charge in [0.15, 0.2) is 0 Å². The molecule has 0 aliphatic carbocycles. The van der Waals surface area contributed by atoms with E-state index in [0.717, 1.165) is 17.7 Å². The minimum absolute atomic E-state index is 0.00755. The Balaban J connectivity index is 1.80. The average Bonchev–Trinajstić information content (AvgIpc) is 2.65. The number of aliphatic hydroxyl groups is 2. The molecule has 0 saturated heterocycles. The Kier molecular flexibility index (Phi) is 7.24. The lowest BCUT2D eigenvalue weighted by Gasteiger charge is -2.20. The Hall–Kier alpha value is -2.78. The summed E-state index contributed by atoms with van der Waals surface area (Å²) in [5.41, 5.74) is 5.13. The van der Waals surface area contributed by atoms with Crippen molar-refractivity contribution in [3.05, 3.63) is 65.2 Å². The fourth-order valence-corrected chi connectivity index (χ4v) is 2.48. The summed E-state index contributed by atoms with van der Waals surface area (Å²) in [6.07, 6.45) is -8.14. The second kappa shape index (κ2) is 9.43. The molecule has 0 aliphatic rings. The molecule has 6 nitrogen and oxygen atoms in total. The van der Waals surface area contributed by atoms with E-state index in [2.05, 4.69) is 5.32 Å². The number of carbonyl (C=O) groups is 1. The molecule has 0 spiro atoms. The molecule has 2 aromatic rings. The second-order valence-electron chi connectivity index (χ2n) is 6.13. The van der Waals surface area contributed by atoms with Gasteiger partial charge >= 0.3 is 12.3 Å². The zero-order valence-corrected chi connectivity index (χ0v) is 14.8. The number of aliphatic hydroxyl groups excluding tert-OH is 2. The summed E-state index contributed by atoms with van der Waals surface area (Å²) >= 11 is 0. The van der Waals surface area contributed by atoms with Gasteiger partial charge in [-0.3, -0.25) is 0 Å². The summed E-state index contributed by atoms with van der Waals surface area (Å²) in [7, 11) is 0. The van der Waals surface area contributed by atoms with Gasteiger partial charge in [0, 0.05) is 17.8 Å². The van der Waals surface area contributed by atoms with E-state index < -0.39 is 30.0 Å². The van der Waals surface area contributed by atoms with Gasteiger partial charge in [0.25, 0.3) is 0 Å². The summed E-state index contributed by atoms with van der Waals surface area (Å²) in [6.45, 7) is 0.0757. The van der Waals surface area contributed by atoms with Crippen LogP contribution in [0.4, 0.5) is 23.7 Å². The SMILES string of the molecule is Nc1cc(C(F)(F)F)ccc1C(O)C(O)CCNC(=O)OCc1ccccc1. The van der Waals surface area contributed by atoms with Gasteiger partial charge in [0.2, 0.25) is 0 Å². The predicted octanol–water partition coefficient (Wildman–Crippen LogP) is 3.00. The molecule has 0 aromatic heterocycles. The third-order valence-corrected chi connectivity index (χ3v) is 4.02. The van der Waals surface area contributed by atoms with Crippen LogP contribution in [0, 0.1) is 0 Å². The van der Waals surface area contributed by atoms with Gasteiger partial charge in [0.1, 0.15) is 12.7 Å². The lowest BCUT2D eigenvalue weighted by atomic mass is 9.98. The Morgan fingerprint density at radius 1 is 1.14 bits per heavy atom. The monoisotopic (exact) mass is 398 g/mol. The largest absolute Gasteiger partial charge is 0.445 e. The van der Waals surface area contributed by atoms with Gasteiger partial charge in [-0.2, -0.15) is 13.2 Å². The van der Waals surface area contributed by atoms with Crippen LogP contribution in [0.5, 0.6) is 0 Å². The molecular weight excluding hydrogens is 377 g/mol. The molecule has 2 aromatic carbocycles. The number of rotatable bonds is 7. The molecule has 2 rings (SSSR count). The number of nitrogens with two attached hydrogens (primary N) is 1. The molecule has 28 heavy (non-hydrogen) atoms. The van der Waals surface area contributed by atoms with E-state index in [1.165, 1.54) is 0 Å². The molecule has 5 N–H and O–H groups in total. The van der Waals surface area contributed by atoms with Crippen LogP contribution in [-0.4, -0.2) is 29.0 Å². The number of anilines is 1. The Bertz CT molecular complexity index is 784. The molecule has 0 radical (unpaired) electrons. The number of ether oxygens (including phenoxy) is 1. The summed E-state index contributed by atoms with van der Waals surface area (Å²) in [5, 5.41) is 22.6. The van der Waals surface area contributed by atoms with E-state index in [-0.39, 0.29) is 30.8 Å². The molecule has 0 aliphatic heterocycles. The highest BCUT2D eigenvalue weighted by Crippen LogP contribution is 2.33. The maximum Gasteiger partial charge on any atom is 0.416 e.